The Morgan fingerprint density at radius 3 is 1.94 bits per heavy atom. The fraction of sp³-hybridized carbons (Fsp3) is 0.846. The molecular formula is C13H20O4. The van der Waals surface area contributed by atoms with Crippen LogP contribution in [0.25, 0.3) is 0 Å². The molecule has 0 aromatic carbocycles. The number of carboxylic acids is 2. The summed E-state index contributed by atoms with van der Waals surface area (Å²) in [6.45, 7) is 6.46. The molecule has 96 valence electrons. The number of hydrogen-bond donors (Lipinski definition) is 2. The summed E-state index contributed by atoms with van der Waals surface area (Å²) in [5, 5.41) is 18.5. The second kappa shape index (κ2) is 3.47. The highest BCUT2D eigenvalue weighted by Crippen LogP contribution is 2.62. The number of hydrogen-bond acceptors (Lipinski definition) is 2. The lowest BCUT2D eigenvalue weighted by Gasteiger charge is -2.39. The van der Waals surface area contributed by atoms with Crippen molar-refractivity contribution in [2.24, 2.45) is 28.6 Å². The van der Waals surface area contributed by atoms with E-state index in [1.165, 1.54) is 0 Å². The first-order valence-electron chi connectivity index (χ1n) is 6.16. The number of aliphatic carboxylic acids is 2. The van der Waals surface area contributed by atoms with E-state index < -0.39 is 17.4 Å². The van der Waals surface area contributed by atoms with Gasteiger partial charge in [-0.3, -0.25) is 9.59 Å². The Morgan fingerprint density at radius 2 is 1.65 bits per heavy atom. The van der Waals surface area contributed by atoms with Gasteiger partial charge in [-0.1, -0.05) is 20.8 Å². The van der Waals surface area contributed by atoms with Crippen molar-refractivity contribution in [2.45, 2.75) is 40.0 Å². The Balaban J connectivity index is 2.28. The van der Waals surface area contributed by atoms with Crippen molar-refractivity contribution in [2.75, 3.05) is 0 Å². The van der Waals surface area contributed by atoms with Crippen molar-refractivity contribution in [3.05, 3.63) is 0 Å². The Hall–Kier alpha value is -1.06. The third-order valence-corrected chi connectivity index (χ3v) is 4.85. The van der Waals surface area contributed by atoms with Crippen LogP contribution in [0, 0.1) is 28.6 Å². The Kier molecular flexibility index (Phi) is 2.53. The lowest BCUT2D eigenvalue weighted by atomic mass is 9.64. The van der Waals surface area contributed by atoms with E-state index in [2.05, 4.69) is 20.8 Å². The molecule has 0 heterocycles. The highest BCUT2D eigenvalue weighted by Gasteiger charge is 2.64. The van der Waals surface area contributed by atoms with Crippen LogP contribution < -0.4 is 0 Å². The maximum Gasteiger partial charge on any atom is 0.321 e. The lowest BCUT2D eigenvalue weighted by molar-refractivity contribution is -0.170. The first kappa shape index (κ1) is 12.4. The zero-order chi connectivity index (χ0) is 13.0. The molecule has 2 bridgehead atoms. The van der Waals surface area contributed by atoms with E-state index >= 15 is 0 Å². The largest absolute Gasteiger partial charge is 0.480 e. The van der Waals surface area contributed by atoms with Gasteiger partial charge < -0.3 is 10.2 Å². The summed E-state index contributed by atoms with van der Waals surface area (Å²) in [6.07, 6.45) is 1.82. The van der Waals surface area contributed by atoms with Crippen LogP contribution in [0.3, 0.4) is 0 Å². The minimum atomic E-state index is -1.51. The van der Waals surface area contributed by atoms with Crippen molar-refractivity contribution in [1.29, 1.82) is 0 Å². The minimum absolute atomic E-state index is 0.141. The van der Waals surface area contributed by atoms with Crippen molar-refractivity contribution in [1.82, 2.24) is 0 Å². The molecular weight excluding hydrogens is 220 g/mol. The second-order valence-corrected chi connectivity index (χ2v) is 6.69. The van der Waals surface area contributed by atoms with Crippen LogP contribution in [0.1, 0.15) is 40.0 Å². The monoisotopic (exact) mass is 240 g/mol. The fourth-order valence-electron chi connectivity index (χ4n) is 4.01. The predicted octanol–water partition coefficient (Wildman–Crippen LogP) is 2.23. The molecule has 4 heteroatoms. The highest BCUT2D eigenvalue weighted by atomic mass is 16.4. The number of rotatable bonds is 2. The predicted molar refractivity (Wildman–Crippen MR) is 61.5 cm³/mol. The molecule has 0 aliphatic heterocycles. The van der Waals surface area contributed by atoms with Gasteiger partial charge in [-0.15, -0.1) is 0 Å². The first-order chi connectivity index (χ1) is 7.69. The maximum atomic E-state index is 11.3. The Morgan fingerprint density at radius 1 is 1.12 bits per heavy atom. The van der Waals surface area contributed by atoms with Crippen molar-refractivity contribution >= 4 is 11.9 Å². The molecule has 2 aliphatic carbocycles. The quantitative estimate of drug-likeness (QED) is 0.726. The molecule has 2 N–H and O–H groups in total. The third-order valence-electron chi connectivity index (χ3n) is 4.85. The summed E-state index contributed by atoms with van der Waals surface area (Å²) in [4.78, 5) is 22.7. The Bertz CT molecular complexity index is 352. The van der Waals surface area contributed by atoms with Crippen LogP contribution in [0.2, 0.25) is 0 Å². The lowest BCUT2D eigenvalue weighted by Crippen LogP contribution is -2.46. The normalized spacial score (nSPS) is 34.9. The molecule has 0 saturated heterocycles. The zero-order valence-electron chi connectivity index (χ0n) is 10.6. The van der Waals surface area contributed by atoms with Crippen LogP contribution in [0.5, 0.6) is 0 Å². The van der Waals surface area contributed by atoms with Gasteiger partial charge in [0.2, 0.25) is 0 Å². The van der Waals surface area contributed by atoms with Gasteiger partial charge >= 0.3 is 11.9 Å². The van der Waals surface area contributed by atoms with E-state index in [9.17, 15) is 19.8 Å². The number of carboxylic acid groups (broad SMARTS) is 2. The average Bonchev–Trinajstić information content (AvgIpc) is 2.72. The minimum Gasteiger partial charge on any atom is -0.480 e. The van der Waals surface area contributed by atoms with Gasteiger partial charge in [-0.05, 0) is 42.4 Å². The summed E-state index contributed by atoms with van der Waals surface area (Å²) in [6, 6.07) is 0. The summed E-state index contributed by atoms with van der Waals surface area (Å²) in [5.41, 5.74) is -1.37. The van der Waals surface area contributed by atoms with Crippen molar-refractivity contribution in [3.63, 3.8) is 0 Å². The van der Waals surface area contributed by atoms with E-state index in [0.717, 1.165) is 12.8 Å². The van der Waals surface area contributed by atoms with Gasteiger partial charge in [0.1, 0.15) is 0 Å². The Labute approximate surface area is 101 Å². The average molecular weight is 240 g/mol. The topological polar surface area (TPSA) is 74.6 Å². The van der Waals surface area contributed by atoms with Crippen LogP contribution in [-0.4, -0.2) is 22.2 Å². The van der Waals surface area contributed by atoms with Crippen molar-refractivity contribution < 1.29 is 19.8 Å². The summed E-state index contributed by atoms with van der Waals surface area (Å²) < 4.78 is 0. The zero-order valence-corrected chi connectivity index (χ0v) is 10.6. The fourth-order valence-corrected chi connectivity index (χ4v) is 4.01. The van der Waals surface area contributed by atoms with Gasteiger partial charge in [-0.25, -0.2) is 0 Å². The molecule has 2 saturated carbocycles. The van der Waals surface area contributed by atoms with Gasteiger partial charge in [0, 0.05) is 0 Å². The van der Waals surface area contributed by atoms with E-state index in [0.29, 0.717) is 12.3 Å². The molecule has 0 radical (unpaired) electrons. The summed E-state index contributed by atoms with van der Waals surface area (Å²) in [7, 11) is 0. The first-order valence-corrected chi connectivity index (χ1v) is 6.16. The van der Waals surface area contributed by atoms with Gasteiger partial charge in [-0.2, -0.15) is 0 Å². The SMILES string of the molecule is CC(C)(C)C1CC2CC1CC2(C(=O)O)C(=O)O. The van der Waals surface area contributed by atoms with Crippen LogP contribution >= 0.6 is 0 Å². The molecule has 0 spiro atoms. The molecule has 2 aliphatic rings. The van der Waals surface area contributed by atoms with Crippen LogP contribution in [0.4, 0.5) is 0 Å². The van der Waals surface area contributed by atoms with E-state index in [-0.39, 0.29) is 17.3 Å². The second-order valence-electron chi connectivity index (χ2n) is 6.69. The molecule has 0 aromatic heterocycles. The smallest absolute Gasteiger partial charge is 0.321 e. The summed E-state index contributed by atoms with van der Waals surface area (Å²) >= 11 is 0. The number of fused-ring (bicyclic) bond motifs is 2. The molecule has 0 amide bonds. The molecule has 3 atom stereocenters. The highest BCUT2D eigenvalue weighted by molar-refractivity contribution is 5.99. The molecule has 2 rings (SSSR count). The number of carbonyl (C=O) groups is 2. The van der Waals surface area contributed by atoms with Gasteiger partial charge in [0.25, 0.3) is 0 Å². The molecule has 3 unspecified atom stereocenters. The summed E-state index contributed by atoms with van der Waals surface area (Å²) in [5.74, 6) is -1.77. The third kappa shape index (κ3) is 1.57. The van der Waals surface area contributed by atoms with Crippen molar-refractivity contribution in [3.8, 4) is 0 Å². The molecule has 4 nitrogen and oxygen atoms in total. The van der Waals surface area contributed by atoms with Crippen LogP contribution in [0.15, 0.2) is 0 Å². The van der Waals surface area contributed by atoms with E-state index in [1.54, 1.807) is 0 Å². The van der Waals surface area contributed by atoms with Gasteiger partial charge in [0.15, 0.2) is 5.41 Å². The molecule has 17 heavy (non-hydrogen) atoms. The standard InChI is InChI=1S/C13H20O4/c1-12(2,3)9-5-8-4-7(9)6-13(8,10(14)15)11(16)17/h7-9H,4-6H2,1-3H3,(H,14,15)(H,16,17). The van der Waals surface area contributed by atoms with E-state index in [4.69, 9.17) is 0 Å². The maximum absolute atomic E-state index is 11.3. The van der Waals surface area contributed by atoms with Gasteiger partial charge in [0.05, 0.1) is 0 Å². The molecule has 2 fully saturated rings. The van der Waals surface area contributed by atoms with E-state index in [1.807, 2.05) is 0 Å². The molecule has 0 aromatic rings. The van der Waals surface area contributed by atoms with Crippen LogP contribution in [-0.2, 0) is 9.59 Å².